The zero-order chi connectivity index (χ0) is 16.4. The van der Waals surface area contributed by atoms with Crippen molar-refractivity contribution in [3.8, 4) is 0 Å². The van der Waals surface area contributed by atoms with Crippen LogP contribution in [0.1, 0.15) is 40.5 Å². The van der Waals surface area contributed by atoms with Gasteiger partial charge in [-0.3, -0.25) is 14.4 Å². The molecule has 1 aliphatic heterocycles. The van der Waals surface area contributed by atoms with Gasteiger partial charge in [0.25, 0.3) is 0 Å². The Morgan fingerprint density at radius 1 is 1.29 bits per heavy atom. The number of likely N-dealkylation sites (tertiary alicyclic amines) is 1. The number of rotatable bonds is 4. The topological polar surface area (TPSA) is 119 Å². The van der Waals surface area contributed by atoms with Crippen molar-refractivity contribution < 1.29 is 14.4 Å². The lowest BCUT2D eigenvalue weighted by molar-refractivity contribution is -0.143. The third-order valence-electron chi connectivity index (χ3n) is 3.68. The quantitative estimate of drug-likeness (QED) is 0.638. The largest absolute Gasteiger partial charge is 0.368 e. The van der Waals surface area contributed by atoms with Gasteiger partial charge in [-0.1, -0.05) is 20.8 Å². The molecule has 5 N–H and O–H groups in total. The van der Waals surface area contributed by atoms with Gasteiger partial charge in [-0.2, -0.15) is 0 Å². The van der Waals surface area contributed by atoms with Crippen molar-refractivity contribution in [3.05, 3.63) is 0 Å². The molecule has 0 aromatic rings. The average molecular weight is 298 g/mol. The SMILES string of the molecule is C[C@H](N)C(=O)NC(C(=O)N1CCCC1C(N)=O)C(C)(C)C. The average Bonchev–Trinajstić information content (AvgIpc) is 2.82. The Bertz CT molecular complexity index is 428. The van der Waals surface area contributed by atoms with Crippen LogP contribution in [0, 0.1) is 5.41 Å². The number of hydrogen-bond acceptors (Lipinski definition) is 4. The van der Waals surface area contributed by atoms with Gasteiger partial charge in [-0.15, -0.1) is 0 Å². The van der Waals surface area contributed by atoms with Gasteiger partial charge >= 0.3 is 0 Å². The van der Waals surface area contributed by atoms with Crippen LogP contribution in [-0.2, 0) is 14.4 Å². The lowest BCUT2D eigenvalue weighted by atomic mass is 9.85. The summed E-state index contributed by atoms with van der Waals surface area (Å²) in [5.74, 6) is -1.18. The molecular weight excluding hydrogens is 272 g/mol. The van der Waals surface area contributed by atoms with E-state index >= 15 is 0 Å². The highest BCUT2D eigenvalue weighted by atomic mass is 16.2. The Kier molecular flexibility index (Phi) is 5.33. The van der Waals surface area contributed by atoms with E-state index in [0.29, 0.717) is 13.0 Å². The molecule has 21 heavy (non-hydrogen) atoms. The summed E-state index contributed by atoms with van der Waals surface area (Å²) in [6.07, 6.45) is 1.30. The van der Waals surface area contributed by atoms with Crippen molar-refractivity contribution in [1.29, 1.82) is 0 Å². The van der Waals surface area contributed by atoms with Gasteiger partial charge in [-0.25, -0.2) is 0 Å². The van der Waals surface area contributed by atoms with E-state index < -0.39 is 35.4 Å². The van der Waals surface area contributed by atoms with Crippen molar-refractivity contribution >= 4 is 17.7 Å². The number of amides is 3. The summed E-state index contributed by atoms with van der Waals surface area (Å²) < 4.78 is 0. The molecule has 7 nitrogen and oxygen atoms in total. The Morgan fingerprint density at radius 3 is 2.29 bits per heavy atom. The van der Waals surface area contributed by atoms with E-state index in [0.717, 1.165) is 6.42 Å². The maximum absolute atomic E-state index is 12.7. The predicted octanol–water partition coefficient (Wildman–Crippen LogP) is -0.659. The molecule has 7 heteroatoms. The minimum Gasteiger partial charge on any atom is -0.368 e. The van der Waals surface area contributed by atoms with Crippen LogP contribution in [0.15, 0.2) is 0 Å². The monoisotopic (exact) mass is 298 g/mol. The molecule has 1 fully saturated rings. The summed E-state index contributed by atoms with van der Waals surface area (Å²) in [5, 5.41) is 2.69. The summed E-state index contributed by atoms with van der Waals surface area (Å²) in [4.78, 5) is 37.5. The second-order valence-electron chi connectivity index (χ2n) is 6.69. The molecule has 1 aliphatic rings. The molecule has 0 bridgehead atoms. The van der Waals surface area contributed by atoms with Crippen molar-refractivity contribution in [1.82, 2.24) is 10.2 Å². The fraction of sp³-hybridized carbons (Fsp3) is 0.786. The van der Waals surface area contributed by atoms with Crippen LogP contribution in [-0.4, -0.2) is 47.3 Å². The van der Waals surface area contributed by atoms with E-state index in [9.17, 15) is 14.4 Å². The summed E-state index contributed by atoms with van der Waals surface area (Å²) >= 11 is 0. The minimum atomic E-state index is -0.740. The summed E-state index contributed by atoms with van der Waals surface area (Å²) in [7, 11) is 0. The van der Waals surface area contributed by atoms with Gasteiger partial charge in [0.2, 0.25) is 17.7 Å². The Morgan fingerprint density at radius 2 is 1.86 bits per heavy atom. The number of primary amides is 1. The van der Waals surface area contributed by atoms with Crippen molar-refractivity contribution in [2.75, 3.05) is 6.54 Å². The molecule has 0 radical (unpaired) electrons. The minimum absolute atomic E-state index is 0.280. The molecule has 120 valence electrons. The molecule has 1 heterocycles. The van der Waals surface area contributed by atoms with Gasteiger partial charge in [0, 0.05) is 6.54 Å². The molecule has 1 rings (SSSR count). The molecule has 0 aromatic heterocycles. The van der Waals surface area contributed by atoms with Gasteiger partial charge in [0.05, 0.1) is 6.04 Å². The van der Waals surface area contributed by atoms with Gasteiger partial charge in [0.1, 0.15) is 12.1 Å². The molecule has 0 aliphatic carbocycles. The van der Waals surface area contributed by atoms with Crippen LogP contribution >= 0.6 is 0 Å². The Labute approximate surface area is 125 Å². The first kappa shape index (κ1) is 17.4. The fourth-order valence-electron chi connectivity index (χ4n) is 2.41. The third-order valence-corrected chi connectivity index (χ3v) is 3.68. The summed E-state index contributed by atoms with van der Waals surface area (Å²) in [5.41, 5.74) is 10.4. The Hall–Kier alpha value is -1.63. The van der Waals surface area contributed by atoms with Gasteiger partial charge < -0.3 is 21.7 Å². The highest BCUT2D eigenvalue weighted by Crippen LogP contribution is 2.25. The second kappa shape index (κ2) is 6.43. The van der Waals surface area contributed by atoms with Crippen LogP contribution in [0.3, 0.4) is 0 Å². The van der Waals surface area contributed by atoms with E-state index in [1.165, 1.54) is 4.90 Å². The first-order valence-corrected chi connectivity index (χ1v) is 7.21. The van der Waals surface area contributed by atoms with Crippen LogP contribution in [0.4, 0.5) is 0 Å². The molecular formula is C14H26N4O3. The smallest absolute Gasteiger partial charge is 0.246 e. The standard InChI is InChI=1S/C14H26N4O3/c1-8(15)12(20)17-10(14(2,3)4)13(21)18-7-5-6-9(18)11(16)19/h8-10H,5-7,15H2,1-4H3,(H2,16,19)(H,17,20)/t8-,9?,10?/m0/s1. The molecule has 0 aromatic carbocycles. The molecule has 0 spiro atoms. The second-order valence-corrected chi connectivity index (χ2v) is 6.69. The fourth-order valence-corrected chi connectivity index (χ4v) is 2.41. The van der Waals surface area contributed by atoms with Gasteiger partial charge in [0.15, 0.2) is 0 Å². The highest BCUT2D eigenvalue weighted by Gasteiger charge is 2.41. The molecule has 0 saturated carbocycles. The number of nitrogens with two attached hydrogens (primary N) is 2. The van der Waals surface area contributed by atoms with Crippen LogP contribution in [0.5, 0.6) is 0 Å². The molecule has 3 amide bonds. The van der Waals surface area contributed by atoms with Crippen molar-refractivity contribution in [3.63, 3.8) is 0 Å². The van der Waals surface area contributed by atoms with E-state index in [4.69, 9.17) is 11.5 Å². The molecule has 1 saturated heterocycles. The van der Waals surface area contributed by atoms with Crippen LogP contribution in [0.2, 0.25) is 0 Å². The predicted molar refractivity (Wildman–Crippen MR) is 79.0 cm³/mol. The molecule has 2 unspecified atom stereocenters. The number of hydrogen-bond donors (Lipinski definition) is 3. The maximum Gasteiger partial charge on any atom is 0.246 e. The van der Waals surface area contributed by atoms with E-state index in [2.05, 4.69) is 5.32 Å². The Balaban J connectivity index is 2.95. The van der Waals surface area contributed by atoms with Crippen LogP contribution in [0.25, 0.3) is 0 Å². The van der Waals surface area contributed by atoms with Crippen molar-refractivity contribution in [2.24, 2.45) is 16.9 Å². The highest BCUT2D eigenvalue weighted by molar-refractivity contribution is 5.93. The number of carbonyl (C=O) groups is 3. The lowest BCUT2D eigenvalue weighted by Gasteiger charge is -2.35. The zero-order valence-electron chi connectivity index (χ0n) is 13.2. The first-order valence-electron chi connectivity index (χ1n) is 7.21. The van der Waals surface area contributed by atoms with E-state index in [-0.39, 0.29) is 5.91 Å². The van der Waals surface area contributed by atoms with E-state index in [1.807, 2.05) is 20.8 Å². The maximum atomic E-state index is 12.7. The van der Waals surface area contributed by atoms with E-state index in [1.54, 1.807) is 6.92 Å². The van der Waals surface area contributed by atoms with Crippen molar-refractivity contribution in [2.45, 2.75) is 58.7 Å². The number of carbonyl (C=O) groups excluding carboxylic acids is 3. The summed E-state index contributed by atoms with van der Waals surface area (Å²) in [6, 6.07) is -2.03. The normalized spacial score (nSPS) is 21.8. The summed E-state index contributed by atoms with van der Waals surface area (Å²) in [6.45, 7) is 7.60. The van der Waals surface area contributed by atoms with Crippen LogP contribution < -0.4 is 16.8 Å². The zero-order valence-corrected chi connectivity index (χ0v) is 13.2. The van der Waals surface area contributed by atoms with Gasteiger partial charge in [-0.05, 0) is 25.2 Å². The molecule has 3 atom stereocenters. The first-order chi connectivity index (χ1) is 9.55. The number of nitrogens with one attached hydrogen (secondary N) is 1. The number of nitrogens with zero attached hydrogens (tertiary/aromatic N) is 1. The third kappa shape index (κ3) is 4.17. The lowest BCUT2D eigenvalue weighted by Crippen LogP contribution is -2.59.